The van der Waals surface area contributed by atoms with Crippen molar-refractivity contribution >= 4 is 35.0 Å². The number of non-ortho nitro benzene ring substituents is 1. The van der Waals surface area contributed by atoms with Crippen molar-refractivity contribution < 1.29 is 19.3 Å². The number of hydrazine groups is 1. The number of amides is 3. The summed E-state index contributed by atoms with van der Waals surface area (Å²) >= 11 is 5.78. The van der Waals surface area contributed by atoms with Crippen molar-refractivity contribution in [1.29, 1.82) is 0 Å². The molecule has 0 fully saturated rings. The lowest BCUT2D eigenvalue weighted by Crippen LogP contribution is -2.52. The third-order valence-corrected chi connectivity index (χ3v) is 2.71. The number of nitrogens with zero attached hydrogens (tertiary/aromatic N) is 1. The second-order valence-electron chi connectivity index (χ2n) is 5.53. The molecule has 0 spiro atoms. The van der Waals surface area contributed by atoms with Gasteiger partial charge >= 0.3 is 11.8 Å². The topological polar surface area (TPSA) is 130 Å². The number of hydrogen-bond donors (Lipinski definition) is 3. The highest BCUT2D eigenvalue weighted by molar-refractivity contribution is 6.36. The zero-order chi connectivity index (χ0) is 17.8. The number of benzene rings is 1. The monoisotopic (exact) mass is 342 g/mol. The first-order chi connectivity index (χ1) is 10.5. The van der Waals surface area contributed by atoms with Gasteiger partial charge in [0.05, 0.1) is 15.5 Å². The Bertz CT molecular complexity index is 669. The summed E-state index contributed by atoms with van der Waals surface area (Å²) in [6, 6.07) is 3.23. The Morgan fingerprint density at radius 3 is 2.22 bits per heavy atom. The highest BCUT2D eigenvalue weighted by Gasteiger charge is 2.21. The molecular weight excluding hydrogens is 328 g/mol. The average Bonchev–Trinajstić information content (AvgIpc) is 2.42. The van der Waals surface area contributed by atoms with Crippen molar-refractivity contribution in [3.63, 3.8) is 0 Å². The van der Waals surface area contributed by atoms with E-state index in [4.69, 9.17) is 11.6 Å². The molecule has 0 unspecified atom stereocenters. The molecule has 1 aromatic rings. The summed E-state index contributed by atoms with van der Waals surface area (Å²) in [5.74, 6) is -2.80. The van der Waals surface area contributed by atoms with E-state index in [-0.39, 0.29) is 16.3 Å². The van der Waals surface area contributed by atoms with Gasteiger partial charge in [-0.1, -0.05) is 11.6 Å². The maximum Gasteiger partial charge on any atom is 0.327 e. The van der Waals surface area contributed by atoms with Crippen molar-refractivity contribution in [1.82, 2.24) is 16.2 Å². The minimum Gasteiger partial charge on any atom is -0.343 e. The number of nitro groups is 1. The van der Waals surface area contributed by atoms with E-state index in [0.717, 1.165) is 18.2 Å². The van der Waals surface area contributed by atoms with Crippen molar-refractivity contribution in [3.05, 3.63) is 38.9 Å². The number of nitrogens with one attached hydrogen (secondary N) is 3. The Morgan fingerprint density at radius 1 is 1.13 bits per heavy atom. The highest BCUT2D eigenvalue weighted by atomic mass is 35.5. The van der Waals surface area contributed by atoms with Crippen LogP contribution in [0, 0.1) is 10.1 Å². The number of carbonyl (C=O) groups excluding carboxylic acids is 3. The van der Waals surface area contributed by atoms with Gasteiger partial charge < -0.3 is 5.32 Å². The fourth-order valence-corrected chi connectivity index (χ4v) is 1.70. The first-order valence-corrected chi connectivity index (χ1v) is 6.76. The van der Waals surface area contributed by atoms with Crippen LogP contribution in [-0.2, 0) is 9.59 Å². The van der Waals surface area contributed by atoms with Gasteiger partial charge in [-0.2, -0.15) is 0 Å². The van der Waals surface area contributed by atoms with Gasteiger partial charge in [-0.3, -0.25) is 35.3 Å². The van der Waals surface area contributed by atoms with Crippen LogP contribution in [0.3, 0.4) is 0 Å². The zero-order valence-corrected chi connectivity index (χ0v) is 13.4. The molecule has 0 radical (unpaired) electrons. The van der Waals surface area contributed by atoms with E-state index in [1.54, 1.807) is 20.8 Å². The molecule has 0 saturated carbocycles. The molecule has 0 heterocycles. The van der Waals surface area contributed by atoms with Crippen LogP contribution in [0.25, 0.3) is 0 Å². The lowest BCUT2D eigenvalue weighted by molar-refractivity contribution is -0.384. The molecule has 10 heteroatoms. The molecule has 23 heavy (non-hydrogen) atoms. The minimum atomic E-state index is -1.06. The van der Waals surface area contributed by atoms with E-state index >= 15 is 0 Å². The Hall–Kier alpha value is -2.68. The van der Waals surface area contributed by atoms with Crippen LogP contribution >= 0.6 is 11.6 Å². The van der Waals surface area contributed by atoms with Crippen LogP contribution in [0.2, 0.25) is 5.02 Å². The summed E-state index contributed by atoms with van der Waals surface area (Å²) < 4.78 is 0. The van der Waals surface area contributed by atoms with Gasteiger partial charge in [0, 0.05) is 17.7 Å². The van der Waals surface area contributed by atoms with Gasteiger partial charge in [0.1, 0.15) is 0 Å². The first kappa shape index (κ1) is 18.4. The molecule has 3 N–H and O–H groups in total. The normalized spacial score (nSPS) is 10.6. The second kappa shape index (κ2) is 7.05. The average molecular weight is 343 g/mol. The van der Waals surface area contributed by atoms with Crippen LogP contribution in [-0.4, -0.2) is 28.2 Å². The highest BCUT2D eigenvalue weighted by Crippen LogP contribution is 2.22. The molecule has 1 aromatic carbocycles. The predicted molar refractivity (Wildman–Crippen MR) is 81.6 cm³/mol. The number of halogens is 1. The molecule has 0 aliphatic carbocycles. The Morgan fingerprint density at radius 2 is 1.74 bits per heavy atom. The van der Waals surface area contributed by atoms with Crippen molar-refractivity contribution in [2.24, 2.45) is 0 Å². The zero-order valence-electron chi connectivity index (χ0n) is 12.6. The molecule has 124 valence electrons. The Labute approximate surface area is 136 Å². The van der Waals surface area contributed by atoms with Gasteiger partial charge in [0.15, 0.2) is 0 Å². The quantitative estimate of drug-likeness (QED) is 0.418. The van der Waals surface area contributed by atoms with Crippen molar-refractivity contribution in [3.8, 4) is 0 Å². The van der Waals surface area contributed by atoms with E-state index < -0.39 is 28.2 Å². The van der Waals surface area contributed by atoms with Crippen LogP contribution in [0.5, 0.6) is 0 Å². The summed E-state index contributed by atoms with van der Waals surface area (Å²) in [6.07, 6.45) is 0. The van der Waals surface area contributed by atoms with Crippen LogP contribution < -0.4 is 16.2 Å². The van der Waals surface area contributed by atoms with E-state index in [9.17, 15) is 24.5 Å². The second-order valence-corrected chi connectivity index (χ2v) is 5.94. The lowest BCUT2D eigenvalue weighted by Gasteiger charge is -2.19. The van der Waals surface area contributed by atoms with E-state index in [2.05, 4.69) is 5.32 Å². The van der Waals surface area contributed by atoms with Crippen LogP contribution in [0.1, 0.15) is 31.1 Å². The Kier molecular flexibility index (Phi) is 5.63. The lowest BCUT2D eigenvalue weighted by atomic mass is 10.1. The molecule has 9 nitrogen and oxygen atoms in total. The van der Waals surface area contributed by atoms with Gasteiger partial charge in [0.25, 0.3) is 11.6 Å². The summed E-state index contributed by atoms with van der Waals surface area (Å²) in [7, 11) is 0. The molecule has 0 aromatic heterocycles. The largest absolute Gasteiger partial charge is 0.343 e. The SMILES string of the molecule is CC(C)(C)NC(=O)C(=O)NNC(=O)c1ccc([N+](=O)[O-])cc1Cl. The fourth-order valence-electron chi connectivity index (χ4n) is 1.44. The van der Waals surface area contributed by atoms with Gasteiger partial charge in [0.2, 0.25) is 0 Å². The van der Waals surface area contributed by atoms with Crippen molar-refractivity contribution in [2.75, 3.05) is 0 Å². The van der Waals surface area contributed by atoms with Crippen LogP contribution in [0.15, 0.2) is 18.2 Å². The number of carbonyl (C=O) groups is 3. The maximum absolute atomic E-state index is 11.8. The van der Waals surface area contributed by atoms with E-state index in [1.807, 2.05) is 10.9 Å². The summed E-state index contributed by atoms with van der Waals surface area (Å²) in [6.45, 7) is 5.06. The number of hydrogen-bond acceptors (Lipinski definition) is 5. The fraction of sp³-hybridized carbons (Fsp3) is 0.308. The molecule has 0 atom stereocenters. The summed E-state index contributed by atoms with van der Waals surface area (Å²) in [4.78, 5) is 44.8. The summed E-state index contributed by atoms with van der Waals surface area (Å²) in [5, 5.41) is 12.8. The van der Waals surface area contributed by atoms with E-state index in [0.29, 0.717) is 0 Å². The number of rotatable bonds is 2. The minimum absolute atomic E-state index is 0.0891. The Balaban J connectivity index is 2.69. The molecule has 0 aliphatic rings. The number of nitro benzene ring substituents is 1. The smallest absolute Gasteiger partial charge is 0.327 e. The molecule has 0 aliphatic heterocycles. The van der Waals surface area contributed by atoms with Crippen LogP contribution in [0.4, 0.5) is 5.69 Å². The van der Waals surface area contributed by atoms with E-state index in [1.165, 1.54) is 0 Å². The molecule has 1 rings (SSSR count). The van der Waals surface area contributed by atoms with Gasteiger partial charge in [-0.15, -0.1) is 0 Å². The van der Waals surface area contributed by atoms with Gasteiger partial charge in [-0.05, 0) is 26.8 Å². The standard InChI is InChI=1S/C13H15ClN4O5/c1-13(2,3)15-11(20)12(21)17-16-10(19)8-5-4-7(18(22)23)6-9(8)14/h4-6H,1-3H3,(H,15,20)(H,16,19)(H,17,21). The van der Waals surface area contributed by atoms with Crippen molar-refractivity contribution in [2.45, 2.75) is 26.3 Å². The summed E-state index contributed by atoms with van der Waals surface area (Å²) in [5.41, 5.74) is 2.95. The molecule has 0 saturated heterocycles. The third kappa shape index (κ3) is 5.55. The molecule has 3 amide bonds. The first-order valence-electron chi connectivity index (χ1n) is 6.38. The molecular formula is C13H15ClN4O5. The predicted octanol–water partition coefficient (Wildman–Crippen LogP) is 0.924. The van der Waals surface area contributed by atoms with Gasteiger partial charge in [-0.25, -0.2) is 0 Å². The third-order valence-electron chi connectivity index (χ3n) is 2.39. The molecule has 0 bridgehead atoms. The maximum atomic E-state index is 11.8.